The Balaban J connectivity index is 2.19. The number of nitrogens with one attached hydrogen (secondary N) is 1. The van der Waals surface area contributed by atoms with Crippen LogP contribution in [0.15, 0.2) is 5.38 Å². The van der Waals surface area contributed by atoms with E-state index < -0.39 is 0 Å². The van der Waals surface area contributed by atoms with Crippen LogP contribution in [0, 0.1) is 20.8 Å². The van der Waals surface area contributed by atoms with E-state index >= 15 is 0 Å². The van der Waals surface area contributed by atoms with Gasteiger partial charge in [-0.05, 0) is 27.8 Å². The Morgan fingerprint density at radius 3 is 2.65 bits per heavy atom. The van der Waals surface area contributed by atoms with Crippen LogP contribution in [0.3, 0.4) is 0 Å². The number of aryl methyl sites for hydroxylation is 2. The second-order valence-electron chi connectivity index (χ2n) is 4.18. The minimum absolute atomic E-state index is 0.818. The smallest absolute Gasteiger partial charge is 0.107 e. The van der Waals surface area contributed by atoms with E-state index in [1.54, 1.807) is 11.3 Å². The predicted molar refractivity (Wildman–Crippen MR) is 70.4 cm³/mol. The summed E-state index contributed by atoms with van der Waals surface area (Å²) in [5.74, 6) is 1.06. The number of nitrogens with zero attached hydrogens (tertiary/aromatic N) is 3. The van der Waals surface area contributed by atoms with Gasteiger partial charge in [-0.3, -0.25) is 0 Å². The largest absolute Gasteiger partial charge is 0.326 e. The number of hydrogen-bond donors (Lipinski definition) is 1. The fraction of sp³-hybridized carbons (Fsp3) is 0.500. The molecule has 2 heterocycles. The highest BCUT2D eigenvalue weighted by Gasteiger charge is 2.09. The van der Waals surface area contributed by atoms with E-state index in [9.17, 15) is 0 Å². The highest BCUT2D eigenvalue weighted by atomic mass is 32.1. The number of thiazole rings is 1. The summed E-state index contributed by atoms with van der Waals surface area (Å²) in [5, 5.41) is 6.38. The van der Waals surface area contributed by atoms with Gasteiger partial charge in [0.15, 0.2) is 0 Å². The first-order chi connectivity index (χ1) is 8.11. The first-order valence-corrected chi connectivity index (χ1v) is 6.58. The summed E-state index contributed by atoms with van der Waals surface area (Å²) >= 11 is 1.70. The Kier molecular flexibility index (Phi) is 3.59. The van der Waals surface area contributed by atoms with Crippen molar-refractivity contribution in [1.82, 2.24) is 19.9 Å². The van der Waals surface area contributed by atoms with Crippen LogP contribution in [-0.2, 0) is 13.1 Å². The molecule has 0 saturated heterocycles. The van der Waals surface area contributed by atoms with Gasteiger partial charge >= 0.3 is 0 Å². The molecule has 0 spiro atoms. The zero-order valence-electron chi connectivity index (χ0n) is 10.7. The zero-order chi connectivity index (χ0) is 12.4. The van der Waals surface area contributed by atoms with Gasteiger partial charge in [-0.2, -0.15) is 0 Å². The van der Waals surface area contributed by atoms with Gasteiger partial charge in [-0.1, -0.05) is 0 Å². The van der Waals surface area contributed by atoms with E-state index in [0.717, 1.165) is 35.3 Å². The maximum Gasteiger partial charge on any atom is 0.107 e. The summed E-state index contributed by atoms with van der Waals surface area (Å²) in [6, 6.07) is 0. The lowest BCUT2D eigenvalue weighted by Crippen LogP contribution is -2.07. The van der Waals surface area contributed by atoms with Gasteiger partial charge in [-0.15, -0.1) is 11.3 Å². The molecule has 0 bridgehead atoms. The minimum atomic E-state index is 0.818. The summed E-state index contributed by atoms with van der Waals surface area (Å²) in [7, 11) is 1.94. The molecule has 0 aliphatic carbocycles. The first kappa shape index (κ1) is 12.3. The Morgan fingerprint density at radius 1 is 1.29 bits per heavy atom. The molecule has 0 unspecified atom stereocenters. The molecule has 0 fully saturated rings. The Morgan fingerprint density at radius 2 is 2.06 bits per heavy atom. The molecule has 5 heteroatoms. The van der Waals surface area contributed by atoms with E-state index in [4.69, 9.17) is 0 Å². The third-order valence-corrected chi connectivity index (χ3v) is 3.79. The van der Waals surface area contributed by atoms with Crippen molar-refractivity contribution in [3.63, 3.8) is 0 Å². The molecule has 4 nitrogen and oxygen atoms in total. The molecule has 0 radical (unpaired) electrons. The Bertz CT molecular complexity index is 513. The van der Waals surface area contributed by atoms with Crippen molar-refractivity contribution in [1.29, 1.82) is 0 Å². The first-order valence-electron chi connectivity index (χ1n) is 5.70. The molecule has 2 aromatic heterocycles. The standard InChI is InChI=1S/C12H18N4S/c1-8-9(2)16(10(3)14-8)6-11-7-17-12(15-11)5-13-4/h7,13H,5-6H2,1-4H3. The molecule has 0 aliphatic heterocycles. The molecule has 92 valence electrons. The Labute approximate surface area is 106 Å². The third-order valence-electron chi connectivity index (χ3n) is 2.90. The summed E-state index contributed by atoms with van der Waals surface area (Å²) in [4.78, 5) is 9.07. The number of hydrogen-bond acceptors (Lipinski definition) is 4. The summed E-state index contributed by atoms with van der Waals surface area (Å²) < 4.78 is 2.22. The van der Waals surface area contributed by atoms with Crippen molar-refractivity contribution in [3.05, 3.63) is 33.3 Å². The summed E-state index contributed by atoms with van der Waals surface area (Å²) in [6.45, 7) is 7.85. The molecule has 0 aliphatic rings. The highest BCUT2D eigenvalue weighted by molar-refractivity contribution is 7.09. The van der Waals surface area contributed by atoms with Crippen LogP contribution in [0.5, 0.6) is 0 Å². The van der Waals surface area contributed by atoms with Crippen LogP contribution < -0.4 is 5.32 Å². The van der Waals surface area contributed by atoms with E-state index in [1.165, 1.54) is 5.69 Å². The van der Waals surface area contributed by atoms with Crippen molar-refractivity contribution >= 4 is 11.3 Å². The molecule has 0 aromatic carbocycles. The molecule has 2 aromatic rings. The van der Waals surface area contributed by atoms with E-state index in [1.807, 2.05) is 20.9 Å². The van der Waals surface area contributed by atoms with Crippen molar-refractivity contribution in [2.75, 3.05) is 7.05 Å². The van der Waals surface area contributed by atoms with E-state index in [0.29, 0.717) is 0 Å². The van der Waals surface area contributed by atoms with Gasteiger partial charge in [0.2, 0.25) is 0 Å². The topological polar surface area (TPSA) is 42.7 Å². The fourth-order valence-electron chi connectivity index (χ4n) is 1.87. The average molecular weight is 250 g/mol. The van der Waals surface area contributed by atoms with E-state index in [-0.39, 0.29) is 0 Å². The van der Waals surface area contributed by atoms with Crippen molar-refractivity contribution in [2.24, 2.45) is 0 Å². The van der Waals surface area contributed by atoms with Gasteiger partial charge < -0.3 is 9.88 Å². The minimum Gasteiger partial charge on any atom is -0.326 e. The summed E-state index contributed by atoms with van der Waals surface area (Å²) in [6.07, 6.45) is 0. The Hall–Kier alpha value is -1.20. The van der Waals surface area contributed by atoms with Gasteiger partial charge in [0.05, 0.1) is 17.9 Å². The maximum atomic E-state index is 4.59. The number of rotatable bonds is 4. The molecule has 1 N–H and O–H groups in total. The lowest BCUT2D eigenvalue weighted by Gasteiger charge is -2.05. The second-order valence-corrected chi connectivity index (χ2v) is 5.12. The predicted octanol–water partition coefficient (Wildman–Crippen LogP) is 2.03. The normalized spacial score (nSPS) is 11.1. The van der Waals surface area contributed by atoms with Gasteiger partial charge in [-0.25, -0.2) is 9.97 Å². The maximum absolute atomic E-state index is 4.59. The van der Waals surface area contributed by atoms with Crippen LogP contribution in [0.25, 0.3) is 0 Å². The number of aromatic nitrogens is 3. The molecule has 0 saturated carbocycles. The fourth-order valence-corrected chi connectivity index (χ4v) is 2.67. The van der Waals surface area contributed by atoms with E-state index in [2.05, 4.69) is 32.2 Å². The van der Waals surface area contributed by atoms with Gasteiger partial charge in [0.1, 0.15) is 10.8 Å². The van der Waals surface area contributed by atoms with Crippen LogP contribution in [0.1, 0.15) is 27.9 Å². The highest BCUT2D eigenvalue weighted by Crippen LogP contribution is 2.15. The second kappa shape index (κ2) is 4.98. The van der Waals surface area contributed by atoms with Crippen molar-refractivity contribution in [3.8, 4) is 0 Å². The summed E-state index contributed by atoms with van der Waals surface area (Å²) in [5.41, 5.74) is 3.45. The molecular formula is C12H18N4S. The van der Waals surface area contributed by atoms with Crippen LogP contribution >= 0.6 is 11.3 Å². The SMILES string of the molecule is CNCc1nc(Cn2c(C)nc(C)c2C)cs1. The monoisotopic (exact) mass is 250 g/mol. The lowest BCUT2D eigenvalue weighted by molar-refractivity contribution is 0.716. The third kappa shape index (κ3) is 2.56. The van der Waals surface area contributed by atoms with Gasteiger partial charge in [0.25, 0.3) is 0 Å². The molecule has 2 rings (SSSR count). The molecule has 0 amide bonds. The molecule has 17 heavy (non-hydrogen) atoms. The van der Waals surface area contributed by atoms with Crippen LogP contribution in [0.2, 0.25) is 0 Å². The van der Waals surface area contributed by atoms with Crippen LogP contribution in [0.4, 0.5) is 0 Å². The van der Waals surface area contributed by atoms with Gasteiger partial charge in [0, 0.05) is 17.6 Å². The molecule has 0 atom stereocenters. The van der Waals surface area contributed by atoms with Crippen molar-refractivity contribution < 1.29 is 0 Å². The number of imidazole rings is 1. The van der Waals surface area contributed by atoms with Crippen LogP contribution in [-0.4, -0.2) is 21.6 Å². The molecular weight excluding hydrogens is 232 g/mol. The zero-order valence-corrected chi connectivity index (χ0v) is 11.6. The van der Waals surface area contributed by atoms with Crippen molar-refractivity contribution in [2.45, 2.75) is 33.9 Å². The quantitative estimate of drug-likeness (QED) is 0.903. The average Bonchev–Trinajstić information content (AvgIpc) is 2.81. The lowest BCUT2D eigenvalue weighted by atomic mass is 10.3.